The Kier molecular flexibility index (Phi) is 3.82. The molecule has 0 saturated heterocycles. The zero-order valence-electron chi connectivity index (χ0n) is 22.8. The summed E-state index contributed by atoms with van der Waals surface area (Å²) in [5.74, 6) is -3.39. The molecule has 0 spiro atoms. The molecule has 0 bridgehead atoms. The number of aliphatic imine (C=N–C) groups is 1. The molecule has 1 aliphatic carbocycles. The molecule has 0 aliphatic heterocycles. The third-order valence-corrected chi connectivity index (χ3v) is 3.88. The first-order valence-electron chi connectivity index (χ1n) is 12.5. The summed E-state index contributed by atoms with van der Waals surface area (Å²) in [6.45, 7) is 4.99. The first-order chi connectivity index (χ1) is 15.6. The maximum Gasteiger partial charge on any atom is 0.331 e. The van der Waals surface area contributed by atoms with E-state index in [1.54, 1.807) is 69.3 Å². The second kappa shape index (κ2) is 8.51. The lowest BCUT2D eigenvalue weighted by molar-refractivity contribution is -0.157. The lowest BCUT2D eigenvalue weighted by Gasteiger charge is -2.29. The summed E-state index contributed by atoms with van der Waals surface area (Å²) in [5, 5.41) is 0. The molecule has 0 N–H and O–H groups in total. The van der Waals surface area contributed by atoms with Crippen LogP contribution in [0.4, 0.5) is 0 Å². The van der Waals surface area contributed by atoms with Crippen LogP contribution in [0.1, 0.15) is 67.0 Å². The fraction of sp³-hybridized carbons (Fsp3) is 0.417. The van der Waals surface area contributed by atoms with Gasteiger partial charge in [-0.05, 0) is 33.1 Å². The monoisotopic (exact) mass is 370 g/mol. The van der Waals surface area contributed by atoms with Crippen molar-refractivity contribution < 1.29 is 19.1 Å². The van der Waals surface area contributed by atoms with Crippen LogP contribution in [0.15, 0.2) is 65.7 Å². The zero-order valence-corrected chi connectivity index (χ0v) is 15.8. The van der Waals surface area contributed by atoms with Gasteiger partial charge in [0, 0.05) is 20.7 Å². The maximum absolute atomic E-state index is 13.2. The van der Waals surface area contributed by atoms with Gasteiger partial charge in [-0.15, -0.1) is 0 Å². The highest BCUT2D eigenvalue weighted by Gasteiger charge is 2.30. The average Bonchev–Trinajstić information content (AvgIpc) is 2.75. The van der Waals surface area contributed by atoms with E-state index in [1.807, 2.05) is 12.1 Å². The highest BCUT2D eigenvalue weighted by molar-refractivity contribution is 6.13. The SMILES string of the molecule is [2H]C1([2H])C([2H])([2H])C([2H])(CC(N=C(c2ccccc2)c2ccccc2)C(=O)OC(C)(C)C)C1([2H])[2H]. The first kappa shape index (κ1) is 12.1. The Morgan fingerprint density at radius 1 is 1.11 bits per heavy atom. The molecule has 3 heteroatoms. The predicted molar refractivity (Wildman–Crippen MR) is 110 cm³/mol. The Balaban J connectivity index is 2.14. The van der Waals surface area contributed by atoms with Crippen LogP contribution in [0.5, 0.6) is 0 Å². The van der Waals surface area contributed by atoms with Crippen molar-refractivity contribution in [2.75, 3.05) is 0 Å². The van der Waals surface area contributed by atoms with Crippen LogP contribution >= 0.6 is 0 Å². The standard InChI is InChI=1S/C24H29NO2/c1-24(2,3)27-23(26)21(17-18-11-10-12-18)25-22(19-13-6-4-7-14-19)20-15-8-5-9-16-20/h4-9,13-16,18,21H,10-12,17H2,1-3H3/i10D2,11D2,12D2,18D. The summed E-state index contributed by atoms with van der Waals surface area (Å²) in [6.07, 6.45) is -9.28. The fourth-order valence-electron chi connectivity index (χ4n) is 2.66. The summed E-state index contributed by atoms with van der Waals surface area (Å²) < 4.78 is 62.6. The van der Waals surface area contributed by atoms with Gasteiger partial charge < -0.3 is 4.74 Å². The van der Waals surface area contributed by atoms with E-state index >= 15 is 0 Å². The third-order valence-electron chi connectivity index (χ3n) is 3.88. The largest absolute Gasteiger partial charge is 0.458 e. The van der Waals surface area contributed by atoms with Crippen LogP contribution in [-0.4, -0.2) is 23.3 Å². The molecule has 2 aromatic rings. The van der Waals surface area contributed by atoms with E-state index in [1.165, 1.54) is 0 Å². The Bertz CT molecular complexity index is 1000. The molecule has 1 unspecified atom stereocenters. The van der Waals surface area contributed by atoms with Gasteiger partial charge >= 0.3 is 5.97 Å². The molecule has 0 radical (unpaired) electrons. The molecule has 2 aromatic carbocycles. The van der Waals surface area contributed by atoms with Gasteiger partial charge in [-0.3, -0.25) is 4.99 Å². The second-order valence-corrected chi connectivity index (χ2v) is 7.32. The Hall–Kier alpha value is -2.42. The smallest absolute Gasteiger partial charge is 0.331 e. The fourth-order valence-corrected chi connectivity index (χ4v) is 2.66. The van der Waals surface area contributed by atoms with Crippen molar-refractivity contribution >= 4 is 11.7 Å². The maximum atomic E-state index is 13.2. The van der Waals surface area contributed by atoms with E-state index < -0.39 is 49.0 Å². The van der Waals surface area contributed by atoms with Gasteiger partial charge in [0.25, 0.3) is 0 Å². The van der Waals surface area contributed by atoms with Crippen molar-refractivity contribution in [1.29, 1.82) is 0 Å². The highest BCUT2D eigenvalue weighted by Crippen LogP contribution is 2.32. The molecular formula is C24H29NO2. The number of esters is 1. The number of ether oxygens (including phenoxy) is 1. The summed E-state index contributed by atoms with van der Waals surface area (Å²) in [7, 11) is 0. The van der Waals surface area contributed by atoms with E-state index in [0.29, 0.717) is 16.8 Å². The Labute approximate surface area is 172 Å². The quantitative estimate of drug-likeness (QED) is 0.503. The van der Waals surface area contributed by atoms with Crippen LogP contribution in [0.3, 0.4) is 0 Å². The Morgan fingerprint density at radius 2 is 1.63 bits per heavy atom. The molecule has 0 heterocycles. The van der Waals surface area contributed by atoms with Crippen LogP contribution in [0, 0.1) is 5.89 Å². The topological polar surface area (TPSA) is 38.7 Å². The van der Waals surface area contributed by atoms with Gasteiger partial charge in [-0.1, -0.05) is 79.8 Å². The normalized spacial score (nSPS) is 26.1. The lowest BCUT2D eigenvalue weighted by atomic mass is 9.81. The number of carbonyl (C=O) groups excluding carboxylic acids is 1. The van der Waals surface area contributed by atoms with E-state index in [2.05, 4.69) is 4.99 Å². The third kappa shape index (κ3) is 5.53. The number of rotatable bonds is 6. The molecule has 1 fully saturated rings. The van der Waals surface area contributed by atoms with Gasteiger partial charge in [0.05, 0.1) is 5.71 Å². The molecule has 27 heavy (non-hydrogen) atoms. The highest BCUT2D eigenvalue weighted by atomic mass is 16.6. The van der Waals surface area contributed by atoms with Crippen LogP contribution in [0.25, 0.3) is 0 Å². The minimum Gasteiger partial charge on any atom is -0.458 e. The minimum absolute atomic E-state index is 0.407. The van der Waals surface area contributed by atoms with Crippen LogP contribution in [0.2, 0.25) is 0 Å². The summed E-state index contributed by atoms with van der Waals surface area (Å²) in [4.78, 5) is 17.8. The van der Waals surface area contributed by atoms with Crippen LogP contribution < -0.4 is 0 Å². The van der Waals surface area contributed by atoms with Crippen molar-refractivity contribution in [2.24, 2.45) is 10.9 Å². The van der Waals surface area contributed by atoms with Crippen molar-refractivity contribution in [1.82, 2.24) is 0 Å². The molecule has 3 rings (SSSR count). The molecule has 1 atom stereocenters. The molecule has 1 saturated carbocycles. The van der Waals surface area contributed by atoms with Crippen LogP contribution in [-0.2, 0) is 9.53 Å². The summed E-state index contributed by atoms with van der Waals surface area (Å²) >= 11 is 0. The number of hydrogen-bond donors (Lipinski definition) is 0. The van der Waals surface area contributed by atoms with Gasteiger partial charge in [-0.2, -0.15) is 0 Å². The van der Waals surface area contributed by atoms with Gasteiger partial charge in [0.2, 0.25) is 0 Å². The van der Waals surface area contributed by atoms with Gasteiger partial charge in [0.1, 0.15) is 11.6 Å². The predicted octanol–water partition coefficient (Wildman–Crippen LogP) is 5.42. The molecular weight excluding hydrogens is 334 g/mol. The van der Waals surface area contributed by atoms with Gasteiger partial charge in [0.15, 0.2) is 0 Å². The molecule has 0 aromatic heterocycles. The Morgan fingerprint density at radius 3 is 2.11 bits per heavy atom. The molecule has 3 nitrogen and oxygen atoms in total. The minimum atomic E-state index is -2.90. The first-order valence-corrected chi connectivity index (χ1v) is 8.97. The van der Waals surface area contributed by atoms with E-state index in [9.17, 15) is 4.79 Å². The average molecular weight is 371 g/mol. The van der Waals surface area contributed by atoms with Crippen molar-refractivity contribution in [3.63, 3.8) is 0 Å². The number of benzene rings is 2. The van der Waals surface area contributed by atoms with Crippen molar-refractivity contribution in [3.05, 3.63) is 71.8 Å². The molecule has 142 valence electrons. The van der Waals surface area contributed by atoms with E-state index in [4.69, 9.17) is 14.3 Å². The van der Waals surface area contributed by atoms with Gasteiger partial charge in [-0.25, -0.2) is 4.79 Å². The van der Waals surface area contributed by atoms with Crippen molar-refractivity contribution in [3.8, 4) is 0 Å². The number of carbonyl (C=O) groups is 1. The van der Waals surface area contributed by atoms with Crippen molar-refractivity contribution in [2.45, 2.75) is 58.0 Å². The number of nitrogens with zero attached hydrogens (tertiary/aromatic N) is 1. The molecule has 1 aliphatic rings. The summed E-state index contributed by atoms with van der Waals surface area (Å²) in [5.41, 5.74) is 0.864. The number of hydrogen-bond acceptors (Lipinski definition) is 3. The lowest BCUT2D eigenvalue weighted by Crippen LogP contribution is -2.34. The zero-order chi connectivity index (χ0) is 25.6. The summed E-state index contributed by atoms with van der Waals surface area (Å²) in [6, 6.07) is 16.6. The van der Waals surface area contributed by atoms with E-state index in [0.717, 1.165) is 0 Å². The molecule has 0 amide bonds. The van der Waals surface area contributed by atoms with E-state index in [-0.39, 0.29) is 0 Å². The second-order valence-electron chi connectivity index (χ2n) is 7.32.